The van der Waals surface area contributed by atoms with E-state index < -0.39 is 18.0 Å². The molecule has 0 spiro atoms. The van der Waals surface area contributed by atoms with Gasteiger partial charge in [-0.1, -0.05) is 205 Å². The summed E-state index contributed by atoms with van der Waals surface area (Å²) < 4.78 is 40.9. The summed E-state index contributed by atoms with van der Waals surface area (Å²) in [7, 11) is 0. The van der Waals surface area contributed by atoms with Gasteiger partial charge in [0.1, 0.15) is 24.4 Å². The van der Waals surface area contributed by atoms with E-state index in [4.69, 9.17) is 34.2 Å². The van der Waals surface area contributed by atoms with E-state index in [0.717, 1.165) is 35.1 Å². The van der Waals surface area contributed by atoms with E-state index in [1.807, 2.05) is 62.4 Å². The summed E-state index contributed by atoms with van der Waals surface area (Å²) in [5.74, 6) is -0.688. The molecule has 344 valence electrons. The highest BCUT2D eigenvalue weighted by atomic mass is 16.8. The van der Waals surface area contributed by atoms with E-state index in [-0.39, 0.29) is 36.5 Å². The SMILES string of the molecule is CCCCCCCCCCCCCC[C@H]1OC(C)(C)O[C@H]1[C@@H](N)CN[C@H]1C[C@H](OCc2ccccc2)[C@@H](OCc2ccccc2)[C@H](OCc2ccccc2)[C@H]1OCc1ccccc1. The zero-order chi connectivity index (χ0) is 44.0. The number of nitrogens with two attached hydrogens (primary N) is 1. The molecule has 8 nitrogen and oxygen atoms in total. The van der Waals surface area contributed by atoms with Gasteiger partial charge in [0.15, 0.2) is 5.79 Å². The first-order valence-electron chi connectivity index (χ1n) is 24.3. The van der Waals surface area contributed by atoms with E-state index in [2.05, 4.69) is 85.0 Å². The van der Waals surface area contributed by atoms with Crippen LogP contribution in [0.1, 0.15) is 133 Å². The van der Waals surface area contributed by atoms with Crippen molar-refractivity contribution in [2.24, 2.45) is 5.73 Å². The molecule has 63 heavy (non-hydrogen) atoms. The van der Waals surface area contributed by atoms with Crippen LogP contribution in [-0.4, -0.2) is 61.0 Å². The Hall–Kier alpha value is -3.44. The lowest BCUT2D eigenvalue weighted by Gasteiger charge is -2.46. The molecule has 0 bridgehead atoms. The summed E-state index contributed by atoms with van der Waals surface area (Å²) >= 11 is 0. The van der Waals surface area contributed by atoms with E-state index in [1.165, 1.54) is 70.6 Å². The van der Waals surface area contributed by atoms with Gasteiger partial charge in [-0.2, -0.15) is 0 Å². The molecule has 1 saturated carbocycles. The van der Waals surface area contributed by atoms with Gasteiger partial charge in [0.25, 0.3) is 0 Å². The van der Waals surface area contributed by atoms with Crippen molar-refractivity contribution < 1.29 is 28.4 Å². The highest BCUT2D eigenvalue weighted by Crippen LogP contribution is 2.35. The van der Waals surface area contributed by atoms with E-state index >= 15 is 0 Å². The van der Waals surface area contributed by atoms with Crippen LogP contribution in [0.15, 0.2) is 121 Å². The predicted octanol–water partition coefficient (Wildman–Crippen LogP) is 11.6. The predicted molar refractivity (Wildman–Crippen MR) is 254 cm³/mol. The third-order valence-electron chi connectivity index (χ3n) is 12.7. The maximum atomic E-state index is 7.14. The number of rotatable bonds is 29. The second-order valence-electron chi connectivity index (χ2n) is 18.3. The Bertz CT molecular complexity index is 1770. The highest BCUT2D eigenvalue weighted by molar-refractivity contribution is 5.17. The Morgan fingerprint density at radius 3 is 1.43 bits per heavy atom. The molecule has 1 aliphatic heterocycles. The highest BCUT2D eigenvalue weighted by Gasteiger charge is 2.49. The quantitative estimate of drug-likeness (QED) is 0.0522. The summed E-state index contributed by atoms with van der Waals surface area (Å²) in [5, 5.41) is 3.90. The van der Waals surface area contributed by atoms with Gasteiger partial charge in [-0.25, -0.2) is 0 Å². The third kappa shape index (κ3) is 16.8. The standard InChI is InChI=1S/C55H78N2O6/c1-4-5-6-7-8-9-10-11-12-13-14-27-36-49-51(63-55(2,3)62-49)47(56)38-57-48-37-50(58-39-43-28-19-15-20-29-43)53(60-41-45-32-23-17-24-33-45)54(61-42-46-34-25-18-26-35-46)52(48)59-40-44-30-21-16-22-31-44/h15-26,28-35,47-54,57H,4-14,27,36-42,56H2,1-3H3/t47-,48-,49+,50-,51-,52-,53+,54+/m0/s1. The molecule has 4 aromatic carbocycles. The first-order valence-corrected chi connectivity index (χ1v) is 24.3. The lowest BCUT2D eigenvalue weighted by molar-refractivity contribution is -0.221. The Morgan fingerprint density at radius 1 is 0.540 bits per heavy atom. The molecule has 0 aromatic heterocycles. The van der Waals surface area contributed by atoms with Crippen molar-refractivity contribution in [1.82, 2.24) is 5.32 Å². The second kappa shape index (κ2) is 27.1. The van der Waals surface area contributed by atoms with Gasteiger partial charge in [-0.05, 0) is 48.9 Å². The summed E-state index contributed by atoms with van der Waals surface area (Å²) in [6, 6.07) is 40.8. The molecule has 1 aliphatic carbocycles. The van der Waals surface area contributed by atoms with Crippen LogP contribution >= 0.6 is 0 Å². The zero-order valence-corrected chi connectivity index (χ0v) is 38.6. The fourth-order valence-electron chi connectivity index (χ4n) is 9.23. The topological polar surface area (TPSA) is 93.4 Å². The molecular formula is C55H78N2O6. The molecule has 0 amide bonds. The minimum Gasteiger partial charge on any atom is -0.371 e. The van der Waals surface area contributed by atoms with Crippen LogP contribution in [-0.2, 0) is 54.8 Å². The summed E-state index contributed by atoms with van der Waals surface area (Å²) in [6.07, 6.45) is 15.6. The van der Waals surface area contributed by atoms with Gasteiger partial charge >= 0.3 is 0 Å². The average molecular weight is 863 g/mol. The number of unbranched alkanes of at least 4 members (excludes halogenated alkanes) is 11. The summed E-state index contributed by atoms with van der Waals surface area (Å²) in [5.41, 5.74) is 11.5. The van der Waals surface area contributed by atoms with Crippen LogP contribution in [0.5, 0.6) is 0 Å². The number of ether oxygens (including phenoxy) is 6. The van der Waals surface area contributed by atoms with Gasteiger partial charge in [0, 0.05) is 18.6 Å². The molecule has 0 radical (unpaired) electrons. The monoisotopic (exact) mass is 863 g/mol. The molecule has 8 atom stereocenters. The normalized spacial score (nSPS) is 23.8. The van der Waals surface area contributed by atoms with Crippen molar-refractivity contribution in [2.75, 3.05) is 6.54 Å². The third-order valence-corrected chi connectivity index (χ3v) is 12.7. The molecule has 8 heteroatoms. The van der Waals surface area contributed by atoms with Crippen molar-refractivity contribution in [3.63, 3.8) is 0 Å². The van der Waals surface area contributed by atoms with Crippen molar-refractivity contribution in [3.05, 3.63) is 144 Å². The molecule has 6 rings (SSSR count). The summed E-state index contributed by atoms with van der Waals surface area (Å²) in [4.78, 5) is 0. The molecule has 2 fully saturated rings. The number of hydrogen-bond donors (Lipinski definition) is 2. The molecule has 4 aromatic rings. The average Bonchev–Trinajstić information content (AvgIpc) is 3.63. The van der Waals surface area contributed by atoms with Crippen LogP contribution in [0.3, 0.4) is 0 Å². The molecular weight excluding hydrogens is 785 g/mol. The lowest BCUT2D eigenvalue weighted by atomic mass is 9.84. The fraction of sp³-hybridized carbons (Fsp3) is 0.564. The molecule has 0 unspecified atom stereocenters. The Kier molecular flexibility index (Phi) is 21.1. The van der Waals surface area contributed by atoms with E-state index in [9.17, 15) is 0 Å². The molecule has 1 heterocycles. The molecule has 3 N–H and O–H groups in total. The maximum Gasteiger partial charge on any atom is 0.163 e. The van der Waals surface area contributed by atoms with Gasteiger partial charge in [-0.3, -0.25) is 0 Å². The number of nitrogens with one attached hydrogen (secondary N) is 1. The van der Waals surface area contributed by atoms with Crippen molar-refractivity contribution >= 4 is 0 Å². The maximum absolute atomic E-state index is 7.14. The van der Waals surface area contributed by atoms with E-state index in [1.54, 1.807) is 0 Å². The van der Waals surface area contributed by atoms with Crippen LogP contribution in [0.25, 0.3) is 0 Å². The fourth-order valence-corrected chi connectivity index (χ4v) is 9.23. The first kappa shape index (κ1) is 49.0. The Balaban J connectivity index is 1.15. The second-order valence-corrected chi connectivity index (χ2v) is 18.3. The smallest absolute Gasteiger partial charge is 0.163 e. The van der Waals surface area contributed by atoms with Crippen LogP contribution in [0.2, 0.25) is 0 Å². The number of benzene rings is 4. The zero-order valence-electron chi connectivity index (χ0n) is 38.6. The van der Waals surface area contributed by atoms with Gasteiger partial charge in [0.05, 0.1) is 38.6 Å². The van der Waals surface area contributed by atoms with Crippen molar-refractivity contribution in [1.29, 1.82) is 0 Å². The first-order chi connectivity index (χ1) is 30.9. The largest absolute Gasteiger partial charge is 0.371 e. The molecule has 1 saturated heterocycles. The van der Waals surface area contributed by atoms with Gasteiger partial charge in [-0.15, -0.1) is 0 Å². The summed E-state index contributed by atoms with van der Waals surface area (Å²) in [6.45, 7) is 8.53. The minimum absolute atomic E-state index is 0.0592. The van der Waals surface area contributed by atoms with Gasteiger partial charge < -0.3 is 39.5 Å². The van der Waals surface area contributed by atoms with Gasteiger partial charge in [0.2, 0.25) is 0 Å². The Morgan fingerprint density at radius 2 is 0.952 bits per heavy atom. The Labute approximate surface area is 379 Å². The number of hydrogen-bond acceptors (Lipinski definition) is 8. The van der Waals surface area contributed by atoms with Crippen LogP contribution in [0, 0.1) is 0 Å². The molecule has 2 aliphatic rings. The van der Waals surface area contributed by atoms with Crippen LogP contribution in [0.4, 0.5) is 0 Å². The van der Waals surface area contributed by atoms with Crippen molar-refractivity contribution in [3.8, 4) is 0 Å². The lowest BCUT2D eigenvalue weighted by Crippen LogP contribution is -2.64. The van der Waals surface area contributed by atoms with E-state index in [0.29, 0.717) is 39.4 Å². The minimum atomic E-state index is -0.688. The van der Waals surface area contributed by atoms with Crippen LogP contribution < -0.4 is 11.1 Å². The van der Waals surface area contributed by atoms with Crippen molar-refractivity contribution in [2.45, 2.75) is 192 Å².